The summed E-state index contributed by atoms with van der Waals surface area (Å²) in [5.74, 6) is 0.502. The number of pyridine rings is 1. The molecule has 0 atom stereocenters. The fourth-order valence-electron chi connectivity index (χ4n) is 2.85. The largest absolute Gasteiger partial charge is 0.368 e. The van der Waals surface area contributed by atoms with Crippen LogP contribution >= 0.6 is 0 Å². The van der Waals surface area contributed by atoms with Crippen LogP contribution in [0.15, 0.2) is 55.3 Å². The molecule has 0 spiro atoms. The predicted molar refractivity (Wildman–Crippen MR) is 97.1 cm³/mol. The van der Waals surface area contributed by atoms with E-state index in [2.05, 4.69) is 26.7 Å². The van der Waals surface area contributed by atoms with Gasteiger partial charge in [-0.3, -0.25) is 4.79 Å². The molecule has 1 aliphatic rings. The topological polar surface area (TPSA) is 48.5 Å². The lowest BCUT2D eigenvalue weighted by Crippen LogP contribution is -2.46. The van der Waals surface area contributed by atoms with E-state index < -0.39 is 0 Å². The SMILES string of the molecule is C=CC(=O)NCc1ccnc(N2CCN(c3ccc(F)cc3)CC2)c1. The first-order valence-corrected chi connectivity index (χ1v) is 8.26. The predicted octanol–water partition coefficient (Wildman–Crippen LogP) is 2.35. The van der Waals surface area contributed by atoms with E-state index in [1.54, 1.807) is 6.20 Å². The molecule has 0 aliphatic carbocycles. The van der Waals surface area contributed by atoms with Crippen molar-refractivity contribution in [1.29, 1.82) is 0 Å². The molecule has 0 saturated carbocycles. The van der Waals surface area contributed by atoms with E-state index in [1.165, 1.54) is 18.2 Å². The molecule has 1 aromatic carbocycles. The molecular formula is C19H21FN4O. The number of benzene rings is 1. The number of halogens is 1. The van der Waals surface area contributed by atoms with Gasteiger partial charge in [-0.25, -0.2) is 9.37 Å². The second kappa shape index (κ2) is 7.79. The number of piperazine rings is 1. The van der Waals surface area contributed by atoms with E-state index in [4.69, 9.17) is 0 Å². The van der Waals surface area contributed by atoms with Crippen molar-refractivity contribution in [2.75, 3.05) is 36.0 Å². The Morgan fingerprint density at radius 2 is 1.84 bits per heavy atom. The lowest BCUT2D eigenvalue weighted by Gasteiger charge is -2.36. The molecule has 6 heteroatoms. The number of carbonyl (C=O) groups is 1. The summed E-state index contributed by atoms with van der Waals surface area (Å²) in [4.78, 5) is 20.2. The Morgan fingerprint density at radius 1 is 1.16 bits per heavy atom. The molecule has 0 bridgehead atoms. The molecule has 1 aromatic heterocycles. The summed E-state index contributed by atoms with van der Waals surface area (Å²) in [6, 6.07) is 10.5. The average molecular weight is 340 g/mol. The molecule has 2 aromatic rings. The van der Waals surface area contributed by atoms with E-state index in [1.807, 2.05) is 24.3 Å². The molecule has 25 heavy (non-hydrogen) atoms. The number of amides is 1. The fourth-order valence-corrected chi connectivity index (χ4v) is 2.85. The van der Waals surface area contributed by atoms with Gasteiger partial charge in [0.05, 0.1) is 0 Å². The van der Waals surface area contributed by atoms with Crippen LogP contribution in [0.1, 0.15) is 5.56 Å². The number of hydrogen-bond donors (Lipinski definition) is 1. The van der Waals surface area contributed by atoms with Crippen molar-refractivity contribution in [1.82, 2.24) is 10.3 Å². The monoisotopic (exact) mass is 340 g/mol. The number of rotatable bonds is 5. The number of carbonyl (C=O) groups excluding carboxylic acids is 1. The number of aromatic nitrogens is 1. The van der Waals surface area contributed by atoms with Crippen LogP contribution in [0.3, 0.4) is 0 Å². The fraction of sp³-hybridized carbons (Fsp3) is 0.263. The van der Waals surface area contributed by atoms with E-state index >= 15 is 0 Å². The number of anilines is 2. The quantitative estimate of drug-likeness (QED) is 0.849. The van der Waals surface area contributed by atoms with Gasteiger partial charge < -0.3 is 15.1 Å². The molecule has 130 valence electrons. The van der Waals surface area contributed by atoms with Crippen LogP contribution in [0.5, 0.6) is 0 Å². The van der Waals surface area contributed by atoms with Crippen LogP contribution < -0.4 is 15.1 Å². The minimum absolute atomic E-state index is 0.189. The highest BCUT2D eigenvalue weighted by Gasteiger charge is 2.18. The van der Waals surface area contributed by atoms with Crippen molar-refractivity contribution < 1.29 is 9.18 Å². The number of hydrogen-bond acceptors (Lipinski definition) is 4. The second-order valence-electron chi connectivity index (χ2n) is 5.89. The van der Waals surface area contributed by atoms with Gasteiger partial charge in [0.2, 0.25) is 5.91 Å². The maximum Gasteiger partial charge on any atom is 0.243 e. The Hall–Kier alpha value is -2.89. The Kier molecular flexibility index (Phi) is 5.28. The molecule has 1 aliphatic heterocycles. The Balaban J connectivity index is 1.60. The van der Waals surface area contributed by atoms with Crippen molar-refractivity contribution in [3.63, 3.8) is 0 Å². The van der Waals surface area contributed by atoms with Crippen LogP contribution in [0, 0.1) is 5.82 Å². The van der Waals surface area contributed by atoms with Crippen LogP contribution in [0.4, 0.5) is 15.9 Å². The van der Waals surface area contributed by atoms with Crippen molar-refractivity contribution in [2.45, 2.75) is 6.54 Å². The number of nitrogens with one attached hydrogen (secondary N) is 1. The highest BCUT2D eigenvalue weighted by Crippen LogP contribution is 2.20. The van der Waals surface area contributed by atoms with E-state index in [-0.39, 0.29) is 11.7 Å². The number of nitrogens with zero attached hydrogens (tertiary/aromatic N) is 3. The second-order valence-corrected chi connectivity index (χ2v) is 5.89. The highest BCUT2D eigenvalue weighted by molar-refractivity contribution is 5.86. The minimum Gasteiger partial charge on any atom is -0.368 e. The summed E-state index contributed by atoms with van der Waals surface area (Å²) in [6.07, 6.45) is 3.02. The van der Waals surface area contributed by atoms with E-state index in [0.29, 0.717) is 6.54 Å². The summed E-state index contributed by atoms with van der Waals surface area (Å²) in [7, 11) is 0. The summed E-state index contributed by atoms with van der Waals surface area (Å²) in [5.41, 5.74) is 2.04. The van der Waals surface area contributed by atoms with Gasteiger partial charge in [0, 0.05) is 44.6 Å². The van der Waals surface area contributed by atoms with Gasteiger partial charge in [0.1, 0.15) is 11.6 Å². The van der Waals surface area contributed by atoms with Gasteiger partial charge in [-0.2, -0.15) is 0 Å². The summed E-state index contributed by atoms with van der Waals surface area (Å²) in [5, 5.41) is 2.77. The van der Waals surface area contributed by atoms with Gasteiger partial charge in [-0.05, 0) is 48.0 Å². The van der Waals surface area contributed by atoms with Crippen molar-refractivity contribution in [3.05, 3.63) is 66.6 Å². The maximum atomic E-state index is 13.0. The Bertz CT molecular complexity index is 739. The lowest BCUT2D eigenvalue weighted by atomic mass is 10.2. The molecule has 1 N–H and O–H groups in total. The third-order valence-electron chi connectivity index (χ3n) is 4.26. The Morgan fingerprint density at radius 3 is 2.52 bits per heavy atom. The van der Waals surface area contributed by atoms with Crippen LogP contribution in [0.25, 0.3) is 0 Å². The first kappa shape index (κ1) is 17.0. The first-order valence-electron chi connectivity index (χ1n) is 8.26. The van der Waals surface area contributed by atoms with Crippen molar-refractivity contribution in [2.24, 2.45) is 0 Å². The van der Waals surface area contributed by atoms with Crippen LogP contribution in [0.2, 0.25) is 0 Å². The molecule has 1 fully saturated rings. The Labute approximate surface area is 146 Å². The highest BCUT2D eigenvalue weighted by atomic mass is 19.1. The van der Waals surface area contributed by atoms with Crippen molar-refractivity contribution in [3.8, 4) is 0 Å². The zero-order valence-electron chi connectivity index (χ0n) is 14.0. The summed E-state index contributed by atoms with van der Waals surface area (Å²) < 4.78 is 13.0. The molecular weight excluding hydrogens is 319 g/mol. The molecule has 5 nitrogen and oxygen atoms in total. The molecule has 1 amide bonds. The first-order chi connectivity index (χ1) is 12.2. The molecule has 0 unspecified atom stereocenters. The standard InChI is InChI=1S/C19H21FN4O/c1-2-19(25)22-14-15-7-8-21-18(13-15)24-11-9-23(10-12-24)17-5-3-16(20)4-6-17/h2-8,13H,1,9-12,14H2,(H,22,25). The summed E-state index contributed by atoms with van der Waals surface area (Å²) >= 11 is 0. The minimum atomic E-state index is -0.216. The van der Waals surface area contributed by atoms with Gasteiger partial charge in [-0.1, -0.05) is 6.58 Å². The van der Waals surface area contributed by atoms with Gasteiger partial charge >= 0.3 is 0 Å². The van der Waals surface area contributed by atoms with Gasteiger partial charge in [0.25, 0.3) is 0 Å². The molecule has 1 saturated heterocycles. The summed E-state index contributed by atoms with van der Waals surface area (Å²) in [6.45, 7) is 7.28. The smallest absolute Gasteiger partial charge is 0.243 e. The van der Waals surface area contributed by atoms with Crippen LogP contribution in [-0.2, 0) is 11.3 Å². The third-order valence-corrected chi connectivity index (χ3v) is 4.26. The lowest BCUT2D eigenvalue weighted by molar-refractivity contribution is -0.116. The maximum absolute atomic E-state index is 13.0. The molecule has 0 radical (unpaired) electrons. The van der Waals surface area contributed by atoms with Crippen LogP contribution in [-0.4, -0.2) is 37.1 Å². The van der Waals surface area contributed by atoms with Gasteiger partial charge in [0.15, 0.2) is 0 Å². The normalized spacial score (nSPS) is 14.3. The van der Waals surface area contributed by atoms with E-state index in [9.17, 15) is 9.18 Å². The van der Waals surface area contributed by atoms with E-state index in [0.717, 1.165) is 43.2 Å². The molecule has 2 heterocycles. The van der Waals surface area contributed by atoms with Gasteiger partial charge in [-0.15, -0.1) is 0 Å². The van der Waals surface area contributed by atoms with Crippen molar-refractivity contribution >= 4 is 17.4 Å². The zero-order valence-corrected chi connectivity index (χ0v) is 14.0. The average Bonchev–Trinajstić information content (AvgIpc) is 2.67. The zero-order chi connectivity index (χ0) is 17.6. The molecule has 3 rings (SSSR count). The third kappa shape index (κ3) is 4.35.